The molecule has 0 saturated carbocycles. The molecule has 0 saturated heterocycles. The molecular formula is C19H26ClN5O2S. The third-order valence-electron chi connectivity index (χ3n) is 3.37. The molecule has 7 nitrogen and oxygen atoms in total. The zero-order valence-electron chi connectivity index (χ0n) is 16.6. The molecule has 0 aliphatic rings. The van der Waals surface area contributed by atoms with Crippen molar-refractivity contribution in [2.75, 3.05) is 17.2 Å². The van der Waals surface area contributed by atoms with Crippen molar-refractivity contribution in [3.63, 3.8) is 0 Å². The fourth-order valence-corrected chi connectivity index (χ4v) is 2.99. The number of amides is 1. The molecule has 2 rings (SSSR count). The van der Waals surface area contributed by atoms with E-state index in [0.29, 0.717) is 11.5 Å². The predicted molar refractivity (Wildman–Crippen MR) is 115 cm³/mol. The molecule has 9 heteroatoms. The Bertz CT molecular complexity index is 839. The zero-order valence-corrected chi connectivity index (χ0v) is 18.2. The summed E-state index contributed by atoms with van der Waals surface area (Å²) >= 11 is 7.64. The Morgan fingerprint density at radius 2 is 1.96 bits per heavy atom. The highest BCUT2D eigenvalue weighted by Crippen LogP contribution is 2.23. The second-order valence-corrected chi connectivity index (χ2v) is 9.24. The maximum absolute atomic E-state index is 12.5. The summed E-state index contributed by atoms with van der Waals surface area (Å²) in [5.41, 5.74) is 0.0427. The number of anilines is 2. The van der Waals surface area contributed by atoms with Crippen LogP contribution in [0.25, 0.3) is 0 Å². The number of aliphatic hydroxyl groups is 1. The van der Waals surface area contributed by atoms with E-state index >= 15 is 0 Å². The first-order chi connectivity index (χ1) is 13.0. The SMILES string of the molecule is CC(C)(C)NSc1cccc(NC(=O)c2ncc(NC(C)(C)CO)nc2Cl)c1. The maximum Gasteiger partial charge on any atom is 0.277 e. The largest absolute Gasteiger partial charge is 0.394 e. The van der Waals surface area contributed by atoms with Gasteiger partial charge in [-0.2, -0.15) is 0 Å². The number of rotatable bonds is 7. The monoisotopic (exact) mass is 423 g/mol. The van der Waals surface area contributed by atoms with Gasteiger partial charge in [-0.1, -0.05) is 17.7 Å². The maximum atomic E-state index is 12.5. The summed E-state index contributed by atoms with van der Waals surface area (Å²) in [6.45, 7) is 9.75. The Kier molecular flexibility index (Phi) is 7.28. The van der Waals surface area contributed by atoms with Crippen LogP contribution in [0, 0.1) is 0 Å². The van der Waals surface area contributed by atoms with Gasteiger partial charge in [-0.15, -0.1) is 0 Å². The number of halogens is 1. The molecule has 0 bridgehead atoms. The average molecular weight is 424 g/mol. The number of benzene rings is 1. The molecule has 0 spiro atoms. The van der Waals surface area contributed by atoms with Crippen LogP contribution >= 0.6 is 23.5 Å². The van der Waals surface area contributed by atoms with Crippen molar-refractivity contribution in [3.8, 4) is 0 Å². The minimum absolute atomic E-state index is 0.0174. The van der Waals surface area contributed by atoms with Gasteiger partial charge < -0.3 is 15.7 Å². The van der Waals surface area contributed by atoms with Gasteiger partial charge in [0.25, 0.3) is 5.91 Å². The first-order valence-electron chi connectivity index (χ1n) is 8.76. The molecule has 0 unspecified atom stereocenters. The van der Waals surface area contributed by atoms with Gasteiger partial charge >= 0.3 is 0 Å². The fourth-order valence-electron chi connectivity index (χ4n) is 2.00. The smallest absolute Gasteiger partial charge is 0.277 e. The standard InChI is InChI=1S/C19H26ClN5O2S/c1-18(2,3)25-28-13-8-6-7-12(9-13)22-17(27)15-16(20)23-14(10-21-15)24-19(4,5)11-26/h6-10,25-26H,11H2,1-5H3,(H,22,27)(H,23,24). The third kappa shape index (κ3) is 6.94. The van der Waals surface area contributed by atoms with Gasteiger partial charge in [0.05, 0.1) is 18.3 Å². The van der Waals surface area contributed by atoms with Gasteiger partial charge in [0.2, 0.25) is 0 Å². The predicted octanol–water partition coefficient (Wildman–Crippen LogP) is 3.96. The van der Waals surface area contributed by atoms with Gasteiger partial charge in [0.1, 0.15) is 5.82 Å². The van der Waals surface area contributed by atoms with E-state index in [1.807, 2.05) is 32.0 Å². The van der Waals surface area contributed by atoms with E-state index in [0.717, 1.165) is 4.90 Å². The number of nitrogens with one attached hydrogen (secondary N) is 3. The van der Waals surface area contributed by atoms with Gasteiger partial charge in [0.15, 0.2) is 10.8 Å². The first kappa shape index (κ1) is 22.4. The summed E-state index contributed by atoms with van der Waals surface area (Å²) in [6, 6.07) is 7.47. The Hall–Kier alpha value is -1.87. The minimum Gasteiger partial charge on any atom is -0.394 e. The fraction of sp³-hybridized carbons (Fsp3) is 0.421. The number of hydrogen-bond donors (Lipinski definition) is 4. The molecule has 28 heavy (non-hydrogen) atoms. The summed E-state index contributed by atoms with van der Waals surface area (Å²) in [5.74, 6) is -0.0661. The van der Waals surface area contributed by atoms with E-state index in [1.165, 1.54) is 18.1 Å². The second kappa shape index (κ2) is 9.09. The van der Waals surface area contributed by atoms with Crippen molar-refractivity contribution in [1.29, 1.82) is 0 Å². The number of carbonyl (C=O) groups excluding carboxylic acids is 1. The van der Waals surface area contributed by atoms with E-state index in [2.05, 4.69) is 46.1 Å². The Balaban J connectivity index is 2.08. The number of hydrogen-bond acceptors (Lipinski definition) is 7. The molecule has 1 amide bonds. The Morgan fingerprint density at radius 3 is 2.57 bits per heavy atom. The molecule has 0 aliphatic carbocycles. The molecular weight excluding hydrogens is 398 g/mol. The highest BCUT2D eigenvalue weighted by molar-refractivity contribution is 7.97. The second-order valence-electron chi connectivity index (χ2n) is 8.00. The van der Waals surface area contributed by atoms with E-state index in [1.54, 1.807) is 6.07 Å². The highest BCUT2D eigenvalue weighted by Gasteiger charge is 2.19. The van der Waals surface area contributed by atoms with Crippen molar-refractivity contribution in [2.45, 2.75) is 50.6 Å². The molecule has 0 atom stereocenters. The Morgan fingerprint density at radius 1 is 1.25 bits per heavy atom. The van der Waals surface area contributed by atoms with Crippen LogP contribution in [-0.2, 0) is 0 Å². The number of aliphatic hydroxyl groups excluding tert-OH is 1. The van der Waals surface area contributed by atoms with E-state index in [9.17, 15) is 9.90 Å². The lowest BCUT2D eigenvalue weighted by Gasteiger charge is -2.24. The topological polar surface area (TPSA) is 99.2 Å². The van der Waals surface area contributed by atoms with Crippen LogP contribution in [0.2, 0.25) is 5.15 Å². The lowest BCUT2D eigenvalue weighted by molar-refractivity contribution is 0.102. The molecule has 0 aliphatic heterocycles. The molecule has 2 aromatic rings. The molecule has 0 radical (unpaired) electrons. The zero-order chi connectivity index (χ0) is 20.9. The van der Waals surface area contributed by atoms with Gasteiger partial charge in [-0.25, -0.2) is 9.97 Å². The molecule has 0 fully saturated rings. The van der Waals surface area contributed by atoms with Crippen LogP contribution in [0.3, 0.4) is 0 Å². The lowest BCUT2D eigenvalue weighted by atomic mass is 10.1. The molecule has 4 N–H and O–H groups in total. The highest BCUT2D eigenvalue weighted by atomic mass is 35.5. The van der Waals surface area contributed by atoms with E-state index < -0.39 is 11.4 Å². The van der Waals surface area contributed by atoms with Crippen molar-refractivity contribution in [2.24, 2.45) is 0 Å². The molecule has 152 valence electrons. The summed E-state index contributed by atoms with van der Waals surface area (Å²) < 4.78 is 3.32. The van der Waals surface area contributed by atoms with E-state index in [-0.39, 0.29) is 23.0 Å². The van der Waals surface area contributed by atoms with Gasteiger partial charge in [-0.3, -0.25) is 9.52 Å². The van der Waals surface area contributed by atoms with Crippen LogP contribution < -0.4 is 15.4 Å². The van der Waals surface area contributed by atoms with Crippen LogP contribution in [0.4, 0.5) is 11.5 Å². The average Bonchev–Trinajstić information content (AvgIpc) is 2.59. The summed E-state index contributed by atoms with van der Waals surface area (Å²) in [5, 5.41) is 15.1. The van der Waals surface area contributed by atoms with Crippen LogP contribution in [0.5, 0.6) is 0 Å². The van der Waals surface area contributed by atoms with Crippen LogP contribution in [0.1, 0.15) is 45.1 Å². The van der Waals surface area contributed by atoms with Crippen molar-refractivity contribution in [3.05, 3.63) is 41.3 Å². The lowest BCUT2D eigenvalue weighted by Crippen LogP contribution is -2.35. The normalized spacial score (nSPS) is 12.0. The number of carbonyl (C=O) groups is 1. The first-order valence-corrected chi connectivity index (χ1v) is 9.95. The molecule has 1 aromatic carbocycles. The van der Waals surface area contributed by atoms with Gasteiger partial charge in [-0.05, 0) is 64.8 Å². The summed E-state index contributed by atoms with van der Waals surface area (Å²) in [7, 11) is 0. The van der Waals surface area contributed by atoms with Crippen LogP contribution in [-0.4, -0.2) is 38.7 Å². The van der Waals surface area contributed by atoms with Crippen molar-refractivity contribution in [1.82, 2.24) is 14.7 Å². The number of nitrogens with zero attached hydrogens (tertiary/aromatic N) is 2. The molecule has 1 heterocycles. The Labute approximate surface area is 174 Å². The quantitative estimate of drug-likeness (QED) is 0.500. The van der Waals surface area contributed by atoms with Crippen molar-refractivity contribution < 1.29 is 9.90 Å². The summed E-state index contributed by atoms with van der Waals surface area (Å²) in [6.07, 6.45) is 1.41. The molecule has 1 aromatic heterocycles. The third-order valence-corrected chi connectivity index (χ3v) is 4.84. The van der Waals surface area contributed by atoms with E-state index in [4.69, 9.17) is 11.6 Å². The van der Waals surface area contributed by atoms with Crippen LogP contribution in [0.15, 0.2) is 35.4 Å². The number of aromatic nitrogens is 2. The summed E-state index contributed by atoms with van der Waals surface area (Å²) in [4.78, 5) is 21.8. The minimum atomic E-state index is -0.582. The van der Waals surface area contributed by atoms with Gasteiger partial charge in [0, 0.05) is 16.1 Å². The van der Waals surface area contributed by atoms with Crippen molar-refractivity contribution >= 4 is 41.0 Å².